The maximum Gasteiger partial charge on any atom is 0.226 e. The lowest BCUT2D eigenvalue weighted by atomic mass is 9.87. The highest BCUT2D eigenvalue weighted by Crippen LogP contribution is 2.61. The third kappa shape index (κ3) is 1.49. The van der Waals surface area contributed by atoms with E-state index < -0.39 is 7.37 Å². The highest BCUT2D eigenvalue weighted by Gasteiger charge is 2.39. The molecule has 0 saturated carbocycles. The monoisotopic (exact) mass is 234 g/mol. The van der Waals surface area contributed by atoms with Crippen molar-refractivity contribution >= 4 is 7.37 Å². The van der Waals surface area contributed by atoms with Gasteiger partial charge in [0.15, 0.2) is 0 Å². The van der Waals surface area contributed by atoms with Crippen molar-refractivity contribution in [1.82, 2.24) is 0 Å². The van der Waals surface area contributed by atoms with Gasteiger partial charge in [0, 0.05) is 17.9 Å². The van der Waals surface area contributed by atoms with Gasteiger partial charge in [-0.2, -0.15) is 0 Å². The first kappa shape index (κ1) is 10.3. The highest BCUT2D eigenvalue weighted by atomic mass is 31.2. The van der Waals surface area contributed by atoms with Gasteiger partial charge in [-0.3, -0.25) is 4.57 Å². The maximum absolute atomic E-state index is 12.5. The average Bonchev–Trinajstić information content (AvgIpc) is 2.29. The highest BCUT2D eigenvalue weighted by molar-refractivity contribution is 7.62. The fraction of sp³-hybridized carbons (Fsp3) is 0.385. The molecule has 0 fully saturated rings. The molecule has 3 heteroatoms. The fourth-order valence-corrected chi connectivity index (χ4v) is 4.70. The molecule has 1 heterocycles. The van der Waals surface area contributed by atoms with E-state index in [1.165, 1.54) is 5.57 Å². The Morgan fingerprint density at radius 1 is 1.38 bits per heavy atom. The fourth-order valence-electron chi connectivity index (χ4n) is 2.68. The molecule has 1 aliphatic heterocycles. The van der Waals surface area contributed by atoms with Gasteiger partial charge in [-0.05, 0) is 18.4 Å². The first-order valence-corrected chi connectivity index (χ1v) is 7.77. The summed E-state index contributed by atoms with van der Waals surface area (Å²) < 4.78 is 18.3. The molecule has 0 bridgehead atoms. The van der Waals surface area contributed by atoms with Crippen molar-refractivity contribution in [2.45, 2.75) is 18.9 Å². The Kier molecular flexibility index (Phi) is 2.31. The van der Waals surface area contributed by atoms with Crippen LogP contribution in [0.1, 0.15) is 12.8 Å². The molecule has 3 rings (SSSR count). The number of hydrogen-bond donors (Lipinski definition) is 0. The summed E-state index contributed by atoms with van der Waals surface area (Å²) in [5.41, 5.74) is 1.23. The van der Waals surface area contributed by atoms with E-state index in [1.54, 1.807) is 6.66 Å². The molecule has 0 amide bonds. The molecule has 3 aliphatic rings. The second-order valence-corrected chi connectivity index (χ2v) is 7.00. The first-order chi connectivity index (χ1) is 7.68. The standard InChI is InChI=1S/C13H15O2P/c1-16(14)13-9-5-3-7-11(13)10-6-2-4-8-12(10)15-16/h2-4,6-8,10,12H,5,9H2,1H3. The number of fused-ring (bicyclic) bond motifs is 2. The molecule has 3 atom stereocenters. The van der Waals surface area contributed by atoms with Crippen LogP contribution < -0.4 is 0 Å². The molecule has 0 saturated heterocycles. The van der Waals surface area contributed by atoms with Gasteiger partial charge in [-0.25, -0.2) is 0 Å². The zero-order valence-electron chi connectivity index (χ0n) is 9.30. The van der Waals surface area contributed by atoms with E-state index in [0.29, 0.717) is 0 Å². The zero-order chi connectivity index (χ0) is 11.2. The van der Waals surface area contributed by atoms with E-state index in [0.717, 1.165) is 18.2 Å². The van der Waals surface area contributed by atoms with E-state index in [1.807, 2.05) is 18.2 Å². The second-order valence-electron chi connectivity index (χ2n) is 4.55. The maximum atomic E-state index is 12.5. The summed E-state index contributed by atoms with van der Waals surface area (Å²) in [7, 11) is -2.56. The van der Waals surface area contributed by atoms with Gasteiger partial charge >= 0.3 is 0 Å². The molecule has 0 radical (unpaired) electrons. The Balaban J connectivity index is 2.14. The summed E-state index contributed by atoms with van der Waals surface area (Å²) in [6.07, 6.45) is 14.3. The molecule has 0 aromatic rings. The van der Waals surface area contributed by atoms with Gasteiger partial charge in [-0.15, -0.1) is 0 Å². The van der Waals surface area contributed by atoms with Crippen molar-refractivity contribution in [3.8, 4) is 0 Å². The van der Waals surface area contributed by atoms with Crippen molar-refractivity contribution in [2.75, 3.05) is 6.66 Å². The summed E-state index contributed by atoms with van der Waals surface area (Å²) in [5, 5.41) is 1.05. The lowest BCUT2D eigenvalue weighted by Crippen LogP contribution is -2.28. The van der Waals surface area contributed by atoms with E-state index >= 15 is 0 Å². The van der Waals surface area contributed by atoms with Crippen LogP contribution in [0.15, 0.2) is 47.3 Å². The molecule has 0 N–H and O–H groups in total. The Hall–Kier alpha value is -0.850. The van der Waals surface area contributed by atoms with E-state index in [4.69, 9.17) is 4.52 Å². The number of hydrogen-bond acceptors (Lipinski definition) is 2. The lowest BCUT2D eigenvalue weighted by molar-refractivity contribution is 0.215. The third-order valence-electron chi connectivity index (χ3n) is 3.44. The minimum atomic E-state index is -2.56. The van der Waals surface area contributed by atoms with Crippen LogP contribution in [0.5, 0.6) is 0 Å². The Labute approximate surface area is 95.8 Å². The second kappa shape index (κ2) is 3.58. The van der Waals surface area contributed by atoms with Crippen molar-refractivity contribution in [3.63, 3.8) is 0 Å². The van der Waals surface area contributed by atoms with Crippen molar-refractivity contribution in [1.29, 1.82) is 0 Å². The number of allylic oxidation sites excluding steroid dienone is 5. The smallest absolute Gasteiger partial charge is 0.226 e. The van der Waals surface area contributed by atoms with Crippen LogP contribution in [-0.2, 0) is 9.09 Å². The van der Waals surface area contributed by atoms with E-state index in [2.05, 4.69) is 18.2 Å². The SMILES string of the molecule is CP1(=O)OC2C=CC=CC2C2=C1CCC=C2. The summed E-state index contributed by atoms with van der Waals surface area (Å²) in [5.74, 6) is 0.263. The molecule has 16 heavy (non-hydrogen) atoms. The van der Waals surface area contributed by atoms with Crippen LogP contribution in [-0.4, -0.2) is 12.8 Å². The van der Waals surface area contributed by atoms with Gasteiger partial charge in [-0.1, -0.05) is 36.5 Å². The van der Waals surface area contributed by atoms with Gasteiger partial charge in [0.2, 0.25) is 7.37 Å². The van der Waals surface area contributed by atoms with Crippen LogP contribution in [0.4, 0.5) is 0 Å². The van der Waals surface area contributed by atoms with Crippen molar-refractivity contribution in [2.24, 2.45) is 5.92 Å². The largest absolute Gasteiger partial charge is 0.317 e. The topological polar surface area (TPSA) is 26.3 Å². The average molecular weight is 234 g/mol. The predicted molar refractivity (Wildman–Crippen MR) is 65.6 cm³/mol. The first-order valence-electron chi connectivity index (χ1n) is 5.69. The quantitative estimate of drug-likeness (QED) is 0.598. The normalized spacial score (nSPS) is 40.8. The van der Waals surface area contributed by atoms with E-state index in [9.17, 15) is 4.57 Å². The van der Waals surface area contributed by atoms with Gasteiger partial charge < -0.3 is 4.52 Å². The van der Waals surface area contributed by atoms with Crippen LogP contribution in [0, 0.1) is 5.92 Å². The Morgan fingerprint density at radius 3 is 3.06 bits per heavy atom. The summed E-state index contributed by atoms with van der Waals surface area (Å²) in [6, 6.07) is 0. The third-order valence-corrected chi connectivity index (χ3v) is 5.54. The molecule has 84 valence electrons. The van der Waals surface area contributed by atoms with Crippen molar-refractivity contribution < 1.29 is 9.09 Å². The molecule has 0 spiro atoms. The van der Waals surface area contributed by atoms with Crippen LogP contribution >= 0.6 is 7.37 Å². The lowest BCUT2D eigenvalue weighted by Gasteiger charge is -2.37. The van der Waals surface area contributed by atoms with Crippen LogP contribution in [0.3, 0.4) is 0 Å². The van der Waals surface area contributed by atoms with E-state index in [-0.39, 0.29) is 12.0 Å². The minimum Gasteiger partial charge on any atom is -0.317 e. The van der Waals surface area contributed by atoms with Crippen LogP contribution in [0.2, 0.25) is 0 Å². The molecular weight excluding hydrogens is 219 g/mol. The summed E-state index contributed by atoms with van der Waals surface area (Å²) >= 11 is 0. The van der Waals surface area contributed by atoms with Gasteiger partial charge in [0.1, 0.15) is 0 Å². The van der Waals surface area contributed by atoms with Gasteiger partial charge in [0.25, 0.3) is 0 Å². The number of rotatable bonds is 0. The minimum absolute atomic E-state index is 0.0395. The van der Waals surface area contributed by atoms with Gasteiger partial charge in [0.05, 0.1) is 6.10 Å². The Bertz CT molecular complexity index is 482. The molecule has 0 aromatic heterocycles. The molecule has 0 aromatic carbocycles. The zero-order valence-corrected chi connectivity index (χ0v) is 10.2. The summed E-state index contributed by atoms with van der Waals surface area (Å²) in [6.45, 7) is 1.75. The molecule has 2 aliphatic carbocycles. The Morgan fingerprint density at radius 2 is 2.19 bits per heavy atom. The molecular formula is C13H15O2P. The van der Waals surface area contributed by atoms with Crippen LogP contribution in [0.25, 0.3) is 0 Å². The molecule has 3 unspecified atom stereocenters. The predicted octanol–water partition coefficient (Wildman–Crippen LogP) is 3.64. The molecule has 2 nitrogen and oxygen atoms in total. The van der Waals surface area contributed by atoms with Crippen molar-refractivity contribution in [3.05, 3.63) is 47.3 Å². The summed E-state index contributed by atoms with van der Waals surface area (Å²) in [4.78, 5) is 0.